The molecule has 0 saturated heterocycles. The van der Waals surface area contributed by atoms with Gasteiger partial charge in [-0.3, -0.25) is 4.79 Å². The average Bonchev–Trinajstić information content (AvgIpc) is 3.73. The van der Waals surface area contributed by atoms with E-state index in [1.54, 1.807) is 0 Å². The summed E-state index contributed by atoms with van der Waals surface area (Å²) in [6.07, 6.45) is 10.8. The third-order valence-corrected chi connectivity index (χ3v) is 10.1. The topological polar surface area (TPSA) is 17.1 Å². The molecule has 6 rings (SSSR count). The van der Waals surface area contributed by atoms with Crippen LogP contribution >= 0.6 is 0 Å². The molecule has 0 radical (unpaired) electrons. The van der Waals surface area contributed by atoms with Gasteiger partial charge in [0.15, 0.2) is 5.78 Å². The van der Waals surface area contributed by atoms with Crippen LogP contribution in [0.4, 0.5) is 0 Å². The molecule has 0 aromatic heterocycles. The summed E-state index contributed by atoms with van der Waals surface area (Å²) in [5.74, 6) is 3.78. The molecule has 1 unspecified atom stereocenters. The van der Waals surface area contributed by atoms with Gasteiger partial charge in [0.2, 0.25) is 0 Å². The molecule has 0 amide bonds. The number of aryl methyl sites for hydroxylation is 1. The Bertz CT molecular complexity index is 1220. The molecule has 4 atom stereocenters. The lowest BCUT2D eigenvalue weighted by Crippen LogP contribution is -2.48. The fourth-order valence-corrected chi connectivity index (χ4v) is 7.41. The minimum atomic E-state index is 0.231. The highest BCUT2D eigenvalue weighted by atomic mass is 16.1. The number of benzene rings is 3. The second-order valence-electron chi connectivity index (χ2n) is 12.3. The van der Waals surface area contributed by atoms with Gasteiger partial charge in [0.25, 0.3) is 0 Å². The van der Waals surface area contributed by atoms with Crippen LogP contribution in [0.15, 0.2) is 72.8 Å². The Balaban J connectivity index is 1.10. The Hall–Kier alpha value is -2.67. The average molecular weight is 477 g/mol. The Labute approximate surface area is 217 Å². The Kier molecular flexibility index (Phi) is 6.36. The number of Topliss-reactive ketones (excluding diaryl/α,β-unsaturated/α-hetero) is 1. The van der Waals surface area contributed by atoms with Crippen LogP contribution in [-0.2, 0) is 18.3 Å². The minimum absolute atomic E-state index is 0.231. The first-order valence-corrected chi connectivity index (χ1v) is 14.3. The number of carbonyl (C=O) groups excluding carboxylic acids is 1. The van der Waals surface area contributed by atoms with Gasteiger partial charge >= 0.3 is 0 Å². The lowest BCUT2D eigenvalue weighted by Gasteiger charge is -2.53. The van der Waals surface area contributed by atoms with Crippen LogP contribution in [0, 0.1) is 23.7 Å². The van der Waals surface area contributed by atoms with E-state index in [1.165, 1.54) is 66.3 Å². The monoisotopic (exact) mass is 476 g/mol. The van der Waals surface area contributed by atoms with Crippen LogP contribution in [0.2, 0.25) is 0 Å². The zero-order chi connectivity index (χ0) is 24.7. The van der Waals surface area contributed by atoms with E-state index in [9.17, 15) is 4.79 Å². The van der Waals surface area contributed by atoms with Gasteiger partial charge in [-0.15, -0.1) is 0 Å². The summed E-state index contributed by atoms with van der Waals surface area (Å²) in [7, 11) is 0. The lowest BCUT2D eigenvalue weighted by atomic mass is 9.51. The molecule has 36 heavy (non-hydrogen) atoms. The van der Waals surface area contributed by atoms with Crippen LogP contribution in [0.1, 0.15) is 85.8 Å². The van der Waals surface area contributed by atoms with Gasteiger partial charge in [-0.2, -0.15) is 0 Å². The van der Waals surface area contributed by atoms with E-state index in [-0.39, 0.29) is 5.41 Å². The van der Waals surface area contributed by atoms with Gasteiger partial charge < -0.3 is 0 Å². The maximum absolute atomic E-state index is 13.2. The molecule has 0 heterocycles. The largest absolute Gasteiger partial charge is 0.294 e. The van der Waals surface area contributed by atoms with Gasteiger partial charge in [-0.25, -0.2) is 0 Å². The van der Waals surface area contributed by atoms with Crippen molar-refractivity contribution < 1.29 is 4.79 Å². The fraction of sp³-hybridized carbons (Fsp3) is 0.457. The standard InChI is InChI=1S/C35H40O/c1-24-32-22-30-17-18-31(23-33(30)35(24,2)20-19-29(32)21-26-11-12-26)34(36)10-6-7-25-13-15-28(16-14-25)27-8-4-3-5-9-27/h3-5,8-9,13-18,23-24,26,29,32H,6-7,10-12,19-22H2,1-2H3/t24-,29-,32?,35-/m0/s1. The molecule has 3 aromatic rings. The Morgan fingerprint density at radius 2 is 1.67 bits per heavy atom. The Morgan fingerprint density at radius 1 is 0.917 bits per heavy atom. The van der Waals surface area contributed by atoms with E-state index in [0.717, 1.165) is 36.2 Å². The molecule has 3 aliphatic rings. The van der Waals surface area contributed by atoms with Crippen molar-refractivity contribution in [1.29, 1.82) is 0 Å². The van der Waals surface area contributed by atoms with Gasteiger partial charge in [-0.05, 0) is 101 Å². The van der Waals surface area contributed by atoms with Crippen LogP contribution in [0.5, 0.6) is 0 Å². The highest BCUT2D eigenvalue weighted by Gasteiger charge is 2.49. The van der Waals surface area contributed by atoms with E-state index < -0.39 is 0 Å². The van der Waals surface area contributed by atoms with Gasteiger partial charge in [-0.1, -0.05) is 93.4 Å². The summed E-state index contributed by atoms with van der Waals surface area (Å²) >= 11 is 0. The number of hydrogen-bond donors (Lipinski definition) is 0. The van der Waals surface area contributed by atoms with Crippen molar-refractivity contribution in [3.63, 3.8) is 0 Å². The molecule has 186 valence electrons. The second-order valence-corrected chi connectivity index (χ2v) is 12.3. The zero-order valence-corrected chi connectivity index (χ0v) is 22.0. The summed E-state index contributed by atoms with van der Waals surface area (Å²) in [5, 5.41) is 0. The molecular formula is C35H40O. The number of carbonyl (C=O) groups is 1. The second kappa shape index (κ2) is 9.66. The smallest absolute Gasteiger partial charge is 0.162 e. The molecule has 1 nitrogen and oxygen atoms in total. The lowest BCUT2D eigenvalue weighted by molar-refractivity contribution is 0.0594. The van der Waals surface area contributed by atoms with Crippen LogP contribution < -0.4 is 0 Å². The molecule has 0 N–H and O–H groups in total. The third kappa shape index (κ3) is 4.58. The maximum atomic E-state index is 13.2. The number of hydrogen-bond acceptors (Lipinski definition) is 1. The summed E-state index contributed by atoms with van der Waals surface area (Å²) in [6, 6.07) is 26.0. The number of fused-ring (bicyclic) bond motifs is 4. The van der Waals surface area contributed by atoms with Crippen molar-refractivity contribution in [2.45, 2.75) is 77.0 Å². The fourth-order valence-electron chi connectivity index (χ4n) is 7.41. The molecular weight excluding hydrogens is 436 g/mol. The van der Waals surface area contributed by atoms with Crippen molar-refractivity contribution in [2.75, 3.05) is 0 Å². The van der Waals surface area contributed by atoms with Crippen molar-refractivity contribution in [3.05, 3.63) is 95.1 Å². The normalized spacial score (nSPS) is 26.9. The predicted octanol–water partition coefficient (Wildman–Crippen LogP) is 8.84. The van der Waals surface area contributed by atoms with Crippen LogP contribution in [0.3, 0.4) is 0 Å². The van der Waals surface area contributed by atoms with Crippen molar-refractivity contribution in [1.82, 2.24) is 0 Å². The first kappa shape index (κ1) is 23.7. The van der Waals surface area contributed by atoms with Crippen molar-refractivity contribution in [3.8, 4) is 11.1 Å². The van der Waals surface area contributed by atoms with Crippen molar-refractivity contribution >= 4 is 5.78 Å². The van der Waals surface area contributed by atoms with E-state index in [1.807, 2.05) is 0 Å². The van der Waals surface area contributed by atoms with E-state index in [0.29, 0.717) is 18.1 Å². The zero-order valence-electron chi connectivity index (χ0n) is 22.0. The molecule has 0 aliphatic heterocycles. The Morgan fingerprint density at radius 3 is 2.42 bits per heavy atom. The highest BCUT2D eigenvalue weighted by molar-refractivity contribution is 5.96. The predicted molar refractivity (Wildman–Crippen MR) is 149 cm³/mol. The van der Waals surface area contributed by atoms with E-state index in [2.05, 4.69) is 86.6 Å². The molecule has 2 saturated carbocycles. The molecule has 3 aliphatic carbocycles. The summed E-state index contributed by atoms with van der Waals surface area (Å²) in [4.78, 5) is 13.2. The third-order valence-electron chi connectivity index (χ3n) is 10.1. The molecule has 0 spiro atoms. The van der Waals surface area contributed by atoms with Crippen LogP contribution in [0.25, 0.3) is 11.1 Å². The number of rotatable bonds is 8. The van der Waals surface area contributed by atoms with Gasteiger partial charge in [0, 0.05) is 12.0 Å². The SMILES string of the molecule is C[C@H]1C2Cc3ccc(C(=O)CCCc4ccc(-c5ccccc5)cc4)cc3[C@@]1(C)CC[C@H]2CC1CC1. The quantitative estimate of drug-likeness (QED) is 0.297. The van der Waals surface area contributed by atoms with Crippen molar-refractivity contribution in [2.24, 2.45) is 23.7 Å². The van der Waals surface area contributed by atoms with Gasteiger partial charge in [0.1, 0.15) is 0 Å². The number of ketones is 1. The summed E-state index contributed by atoms with van der Waals surface area (Å²) in [6.45, 7) is 4.99. The van der Waals surface area contributed by atoms with Crippen LogP contribution in [-0.4, -0.2) is 5.78 Å². The van der Waals surface area contributed by atoms with E-state index >= 15 is 0 Å². The first-order chi connectivity index (χ1) is 17.5. The summed E-state index contributed by atoms with van der Waals surface area (Å²) < 4.78 is 0. The summed E-state index contributed by atoms with van der Waals surface area (Å²) in [5.41, 5.74) is 7.97. The minimum Gasteiger partial charge on any atom is -0.294 e. The van der Waals surface area contributed by atoms with E-state index in [4.69, 9.17) is 0 Å². The maximum Gasteiger partial charge on any atom is 0.162 e. The molecule has 3 aromatic carbocycles. The first-order valence-electron chi connectivity index (χ1n) is 14.3. The molecule has 1 heteroatoms. The molecule has 2 bridgehead atoms. The van der Waals surface area contributed by atoms with Gasteiger partial charge in [0.05, 0.1) is 0 Å². The molecule has 2 fully saturated rings. The highest BCUT2D eigenvalue weighted by Crippen LogP contribution is 2.56.